The van der Waals surface area contributed by atoms with Crippen molar-refractivity contribution in [3.05, 3.63) is 57.2 Å². The highest BCUT2D eigenvalue weighted by Gasteiger charge is 2.33. The Kier molecular flexibility index (Phi) is 9.82. The number of nitrogens with one attached hydrogen (secondary N) is 1. The van der Waals surface area contributed by atoms with Gasteiger partial charge < -0.3 is 19.9 Å². The lowest BCUT2D eigenvalue weighted by molar-refractivity contribution is -0.274. The highest BCUT2D eigenvalue weighted by molar-refractivity contribution is 14.1. The van der Waals surface area contributed by atoms with E-state index < -0.39 is 12.1 Å². The summed E-state index contributed by atoms with van der Waals surface area (Å²) in [4.78, 5) is 19.1. The second-order valence-corrected chi connectivity index (χ2v) is 11.4. The van der Waals surface area contributed by atoms with Gasteiger partial charge in [-0.25, -0.2) is 4.79 Å². The van der Waals surface area contributed by atoms with Crippen LogP contribution < -0.4 is 15.0 Å². The fraction of sp³-hybridized carbons (Fsp3) is 0.500. The van der Waals surface area contributed by atoms with E-state index in [0.29, 0.717) is 37.8 Å². The molecular formula is C28H33F3IN5O2. The minimum absolute atomic E-state index is 0.0927. The molecule has 0 aromatic heterocycles. The maximum absolute atomic E-state index is 12.9. The van der Waals surface area contributed by atoms with Crippen LogP contribution in [0, 0.1) is 20.8 Å². The molecule has 2 aromatic rings. The third-order valence-corrected chi connectivity index (χ3v) is 8.14. The van der Waals surface area contributed by atoms with E-state index in [2.05, 4.69) is 61.8 Å². The van der Waals surface area contributed by atoms with Crippen LogP contribution in [0.4, 0.5) is 23.7 Å². The largest absolute Gasteiger partial charge is 0.573 e. The predicted molar refractivity (Wildman–Crippen MR) is 151 cm³/mol. The van der Waals surface area contributed by atoms with Crippen LogP contribution in [0.25, 0.3) is 0 Å². The van der Waals surface area contributed by atoms with Gasteiger partial charge in [0, 0.05) is 48.0 Å². The van der Waals surface area contributed by atoms with Crippen molar-refractivity contribution in [1.29, 1.82) is 5.26 Å². The monoisotopic (exact) mass is 655 g/mol. The molecule has 0 saturated carbocycles. The van der Waals surface area contributed by atoms with Gasteiger partial charge in [-0.15, -0.1) is 13.2 Å². The highest BCUT2D eigenvalue weighted by Crippen LogP contribution is 2.30. The van der Waals surface area contributed by atoms with E-state index in [1.54, 1.807) is 11.0 Å². The number of alkyl halides is 3. The van der Waals surface area contributed by atoms with Gasteiger partial charge in [0.05, 0.1) is 5.56 Å². The number of halogens is 4. The Morgan fingerprint density at radius 1 is 1.13 bits per heavy atom. The standard InChI is InChI=1S/C28H33F3IN5O2/c1-20-18-36(25-6-7-26(23(16-25)17-33)39-28(29,30)31)14-15-37(20)27(38)34-11-8-21-9-12-35(13-10-21)19-22-2-4-24(32)5-3-22/h2-7,16,20-21H,8-15,18-19H2,1H3,(H,34,38)/t20-/m1/s1. The molecule has 0 bridgehead atoms. The van der Waals surface area contributed by atoms with Crippen LogP contribution in [0.15, 0.2) is 42.5 Å². The summed E-state index contributed by atoms with van der Waals surface area (Å²) in [5, 5.41) is 12.4. The van der Waals surface area contributed by atoms with E-state index in [1.807, 2.05) is 11.8 Å². The molecule has 2 saturated heterocycles. The summed E-state index contributed by atoms with van der Waals surface area (Å²) >= 11 is 2.32. The first kappa shape index (κ1) is 29.3. The molecule has 0 spiro atoms. The number of nitrogens with zero attached hydrogens (tertiary/aromatic N) is 4. The second kappa shape index (κ2) is 13.1. The first-order valence-corrected chi connectivity index (χ1v) is 14.3. The van der Waals surface area contributed by atoms with Crippen LogP contribution >= 0.6 is 22.6 Å². The van der Waals surface area contributed by atoms with Gasteiger partial charge in [0.2, 0.25) is 0 Å². The fourth-order valence-corrected chi connectivity index (χ4v) is 5.64. The van der Waals surface area contributed by atoms with E-state index >= 15 is 0 Å². The molecular weight excluding hydrogens is 622 g/mol. The van der Waals surface area contributed by atoms with Crippen molar-refractivity contribution in [3.8, 4) is 11.8 Å². The summed E-state index contributed by atoms with van der Waals surface area (Å²) < 4.78 is 43.0. The van der Waals surface area contributed by atoms with Crippen molar-refractivity contribution >= 4 is 34.3 Å². The Bertz CT molecular complexity index is 1160. The normalized spacial score (nSPS) is 19.0. The first-order chi connectivity index (χ1) is 18.6. The van der Waals surface area contributed by atoms with Gasteiger partial charge in [-0.3, -0.25) is 4.90 Å². The van der Waals surface area contributed by atoms with E-state index in [9.17, 15) is 23.2 Å². The molecule has 2 aromatic carbocycles. The predicted octanol–water partition coefficient (Wildman–Crippen LogP) is 5.58. The second-order valence-electron chi connectivity index (χ2n) is 10.2. The smallest absolute Gasteiger partial charge is 0.404 e. The highest BCUT2D eigenvalue weighted by atomic mass is 127. The summed E-state index contributed by atoms with van der Waals surface area (Å²) in [6.45, 7) is 7.21. The lowest BCUT2D eigenvalue weighted by Crippen LogP contribution is -2.56. The summed E-state index contributed by atoms with van der Waals surface area (Å²) in [5.74, 6) is 0.0858. The zero-order valence-corrected chi connectivity index (χ0v) is 24.0. The van der Waals surface area contributed by atoms with Crippen molar-refractivity contribution in [2.24, 2.45) is 5.92 Å². The van der Waals surface area contributed by atoms with Gasteiger partial charge in [-0.05, 0) is 104 Å². The Labute approximate surface area is 241 Å². The molecule has 0 aliphatic carbocycles. The fourth-order valence-electron chi connectivity index (χ4n) is 5.28. The molecule has 2 fully saturated rings. The van der Waals surface area contributed by atoms with E-state index in [-0.39, 0.29) is 17.6 Å². The number of rotatable bonds is 7. The summed E-state index contributed by atoms with van der Waals surface area (Å²) in [6.07, 6.45) is -1.64. The Balaban J connectivity index is 1.19. The number of carbonyl (C=O) groups excluding carboxylic acids is 1. The molecule has 0 unspecified atom stereocenters. The molecule has 39 heavy (non-hydrogen) atoms. The number of urea groups is 1. The maximum Gasteiger partial charge on any atom is 0.573 e. The van der Waals surface area contributed by atoms with Gasteiger partial charge in [-0.2, -0.15) is 5.26 Å². The zero-order chi connectivity index (χ0) is 28.0. The number of likely N-dealkylation sites (tertiary alicyclic amines) is 1. The number of hydrogen-bond donors (Lipinski definition) is 1. The molecule has 7 nitrogen and oxygen atoms in total. The molecule has 11 heteroatoms. The van der Waals surface area contributed by atoms with Gasteiger partial charge in [0.15, 0.2) is 0 Å². The van der Waals surface area contributed by atoms with Crippen LogP contribution in [0.3, 0.4) is 0 Å². The lowest BCUT2D eigenvalue weighted by Gasteiger charge is -2.41. The minimum Gasteiger partial charge on any atom is -0.404 e. The molecule has 2 amide bonds. The number of piperazine rings is 1. The molecule has 4 rings (SSSR count). The number of anilines is 1. The van der Waals surface area contributed by atoms with Crippen molar-refractivity contribution in [1.82, 2.24) is 15.1 Å². The third-order valence-electron chi connectivity index (χ3n) is 7.42. The summed E-state index contributed by atoms with van der Waals surface area (Å²) in [5.41, 5.74) is 1.79. The van der Waals surface area contributed by atoms with E-state index in [1.165, 1.54) is 21.3 Å². The van der Waals surface area contributed by atoms with Crippen LogP contribution in [-0.2, 0) is 6.54 Å². The number of piperidine rings is 1. The molecule has 2 aliphatic rings. The molecule has 0 radical (unpaired) electrons. The van der Waals surface area contributed by atoms with Gasteiger partial charge >= 0.3 is 12.4 Å². The molecule has 1 atom stereocenters. The van der Waals surface area contributed by atoms with Crippen LogP contribution in [0.1, 0.15) is 37.3 Å². The first-order valence-electron chi connectivity index (χ1n) is 13.2. The van der Waals surface area contributed by atoms with Crippen molar-refractivity contribution < 1.29 is 22.7 Å². The average molecular weight is 656 g/mol. The number of hydrogen-bond acceptors (Lipinski definition) is 5. The van der Waals surface area contributed by atoms with Crippen LogP contribution in [-0.4, -0.2) is 67.5 Å². The zero-order valence-electron chi connectivity index (χ0n) is 21.9. The summed E-state index contributed by atoms with van der Waals surface area (Å²) in [7, 11) is 0. The lowest BCUT2D eigenvalue weighted by atomic mass is 9.93. The average Bonchev–Trinajstić information content (AvgIpc) is 2.90. The quantitative estimate of drug-likeness (QED) is 0.395. The Morgan fingerprint density at radius 3 is 2.49 bits per heavy atom. The molecule has 210 valence electrons. The molecule has 2 heterocycles. The number of benzene rings is 2. The minimum atomic E-state index is -4.86. The number of nitriles is 1. The number of amides is 2. The van der Waals surface area contributed by atoms with Gasteiger partial charge in [-0.1, -0.05) is 12.1 Å². The van der Waals surface area contributed by atoms with Crippen LogP contribution in [0.2, 0.25) is 0 Å². The molecule has 2 aliphatic heterocycles. The van der Waals surface area contributed by atoms with Gasteiger partial charge in [0.1, 0.15) is 11.8 Å². The van der Waals surface area contributed by atoms with Crippen molar-refractivity contribution in [3.63, 3.8) is 0 Å². The topological polar surface area (TPSA) is 71.8 Å². The SMILES string of the molecule is C[C@@H]1CN(c2ccc(OC(F)(F)F)c(C#N)c2)CCN1C(=O)NCCC1CCN(Cc2ccc(I)cc2)CC1. The number of ether oxygens (including phenoxy) is 1. The van der Waals surface area contributed by atoms with Crippen LogP contribution in [0.5, 0.6) is 5.75 Å². The van der Waals surface area contributed by atoms with Gasteiger partial charge in [0.25, 0.3) is 0 Å². The van der Waals surface area contributed by atoms with E-state index in [4.69, 9.17) is 0 Å². The Morgan fingerprint density at radius 2 is 1.85 bits per heavy atom. The van der Waals surface area contributed by atoms with Crippen molar-refractivity contribution in [2.75, 3.05) is 44.2 Å². The third kappa shape index (κ3) is 8.38. The van der Waals surface area contributed by atoms with Crippen molar-refractivity contribution in [2.45, 2.75) is 45.1 Å². The maximum atomic E-state index is 12.9. The Hall–Kier alpha value is -2.72. The number of carbonyl (C=O) groups is 1. The summed E-state index contributed by atoms with van der Waals surface area (Å²) in [6, 6.07) is 14.3. The molecule has 1 N–H and O–H groups in total. The van der Waals surface area contributed by atoms with E-state index in [0.717, 1.165) is 45.0 Å².